The number of rotatable bonds is 7. The second kappa shape index (κ2) is 8.93. The van der Waals surface area contributed by atoms with Crippen LogP contribution in [0, 0.1) is 20.8 Å². The Morgan fingerprint density at radius 1 is 0.964 bits per heavy atom. The van der Waals surface area contributed by atoms with E-state index in [1.165, 1.54) is 5.56 Å². The molecule has 3 rings (SSSR count). The maximum Gasteiger partial charge on any atom is 0.220 e. The molecule has 0 aliphatic carbocycles. The molecule has 4 nitrogen and oxygen atoms in total. The summed E-state index contributed by atoms with van der Waals surface area (Å²) < 4.78 is 0. The second-order valence-electron chi connectivity index (χ2n) is 6.96. The lowest BCUT2D eigenvalue weighted by molar-refractivity contribution is -0.121. The Bertz CT molecular complexity index is 1010. The van der Waals surface area contributed by atoms with Crippen LogP contribution >= 0.6 is 11.3 Å². The molecule has 0 unspecified atom stereocenters. The van der Waals surface area contributed by atoms with Crippen molar-refractivity contribution in [1.82, 2.24) is 10.3 Å². The van der Waals surface area contributed by atoms with E-state index in [0.29, 0.717) is 12.1 Å². The number of aryl methyl sites for hydroxylation is 3. The largest absolute Gasteiger partial charge is 0.350 e. The fourth-order valence-corrected chi connectivity index (χ4v) is 3.80. The Labute approximate surface area is 169 Å². The van der Waals surface area contributed by atoms with Crippen LogP contribution in [0.25, 0.3) is 10.6 Å². The van der Waals surface area contributed by atoms with Crippen LogP contribution in [0.1, 0.15) is 45.6 Å². The van der Waals surface area contributed by atoms with E-state index >= 15 is 0 Å². The Kier molecular flexibility index (Phi) is 6.37. The highest BCUT2D eigenvalue weighted by molar-refractivity contribution is 7.13. The van der Waals surface area contributed by atoms with E-state index in [2.05, 4.69) is 29.4 Å². The van der Waals surface area contributed by atoms with Crippen LogP contribution in [-0.2, 0) is 11.3 Å². The average molecular weight is 393 g/mol. The van der Waals surface area contributed by atoms with Gasteiger partial charge in [0.05, 0.1) is 12.2 Å². The van der Waals surface area contributed by atoms with E-state index in [1.807, 2.05) is 49.6 Å². The number of nitrogens with one attached hydrogen (secondary N) is 1. The van der Waals surface area contributed by atoms with Crippen molar-refractivity contribution in [2.24, 2.45) is 0 Å². The number of aromatic nitrogens is 1. The van der Waals surface area contributed by atoms with E-state index in [-0.39, 0.29) is 24.5 Å². The third-order valence-corrected chi connectivity index (χ3v) is 5.73. The van der Waals surface area contributed by atoms with Crippen LogP contribution in [0.2, 0.25) is 0 Å². The summed E-state index contributed by atoms with van der Waals surface area (Å²) in [6.45, 7) is 6.43. The zero-order valence-electron chi connectivity index (χ0n) is 16.4. The predicted molar refractivity (Wildman–Crippen MR) is 114 cm³/mol. The first-order valence-electron chi connectivity index (χ1n) is 9.31. The quantitative estimate of drug-likeness (QED) is 0.575. The van der Waals surface area contributed by atoms with Crippen molar-refractivity contribution in [3.8, 4) is 10.6 Å². The predicted octanol–water partition coefficient (Wildman–Crippen LogP) is 5.01. The van der Waals surface area contributed by atoms with E-state index in [1.54, 1.807) is 11.3 Å². The number of nitrogens with zero attached hydrogens (tertiary/aromatic N) is 1. The van der Waals surface area contributed by atoms with Gasteiger partial charge in [-0.25, -0.2) is 4.98 Å². The molecule has 0 atom stereocenters. The summed E-state index contributed by atoms with van der Waals surface area (Å²) in [4.78, 5) is 29.0. The standard InChI is InChI=1S/C23H24N2O2S/c1-15-8-9-18(12-17(15)3)21(26)10-11-22(27)24-13-19-14-28-23(25-19)20-7-5-4-6-16(20)2/h4-9,12,14H,10-11,13H2,1-3H3,(H,24,27). The molecular weight excluding hydrogens is 368 g/mol. The van der Waals surface area contributed by atoms with Gasteiger partial charge in [0.2, 0.25) is 5.91 Å². The Morgan fingerprint density at radius 2 is 1.75 bits per heavy atom. The van der Waals surface area contributed by atoms with Gasteiger partial charge < -0.3 is 5.32 Å². The third-order valence-electron chi connectivity index (χ3n) is 4.80. The molecule has 5 heteroatoms. The molecule has 0 bridgehead atoms. The van der Waals surface area contributed by atoms with Gasteiger partial charge in [0.1, 0.15) is 5.01 Å². The summed E-state index contributed by atoms with van der Waals surface area (Å²) in [7, 11) is 0. The number of Topliss-reactive ketones (excluding diaryl/α,β-unsaturated/α-hetero) is 1. The molecule has 2 aromatic carbocycles. The molecule has 0 radical (unpaired) electrons. The van der Waals surface area contributed by atoms with Gasteiger partial charge in [-0.1, -0.05) is 36.4 Å². The molecule has 1 aromatic heterocycles. The van der Waals surface area contributed by atoms with E-state index in [4.69, 9.17) is 0 Å². The summed E-state index contributed by atoms with van der Waals surface area (Å²) in [5, 5.41) is 5.77. The molecule has 0 aliphatic rings. The minimum atomic E-state index is -0.136. The number of carbonyl (C=O) groups excluding carboxylic acids is 2. The fourth-order valence-electron chi connectivity index (χ4n) is 2.89. The van der Waals surface area contributed by atoms with Crippen LogP contribution in [0.4, 0.5) is 0 Å². The number of benzene rings is 2. The fraction of sp³-hybridized carbons (Fsp3) is 0.261. The van der Waals surface area contributed by atoms with Crippen LogP contribution in [-0.4, -0.2) is 16.7 Å². The molecule has 144 valence electrons. The first kappa shape index (κ1) is 20.0. The topological polar surface area (TPSA) is 59.1 Å². The lowest BCUT2D eigenvalue weighted by Gasteiger charge is -2.06. The van der Waals surface area contributed by atoms with Crippen molar-refractivity contribution in [3.05, 3.63) is 75.8 Å². The highest BCUT2D eigenvalue weighted by Crippen LogP contribution is 2.26. The number of carbonyl (C=O) groups is 2. The maximum atomic E-state index is 12.3. The summed E-state index contributed by atoms with van der Waals surface area (Å²) in [6.07, 6.45) is 0.389. The van der Waals surface area contributed by atoms with Gasteiger partial charge in [-0.2, -0.15) is 0 Å². The molecule has 0 fully saturated rings. The molecule has 0 saturated heterocycles. The molecule has 3 aromatic rings. The zero-order chi connectivity index (χ0) is 20.1. The van der Waals surface area contributed by atoms with Crippen LogP contribution in [0.3, 0.4) is 0 Å². The van der Waals surface area contributed by atoms with Gasteiger partial charge in [-0.05, 0) is 43.5 Å². The van der Waals surface area contributed by atoms with Crippen molar-refractivity contribution in [1.29, 1.82) is 0 Å². The van der Waals surface area contributed by atoms with Gasteiger partial charge in [-0.3, -0.25) is 9.59 Å². The van der Waals surface area contributed by atoms with Gasteiger partial charge >= 0.3 is 0 Å². The molecule has 28 heavy (non-hydrogen) atoms. The van der Waals surface area contributed by atoms with Crippen LogP contribution in [0.5, 0.6) is 0 Å². The molecule has 1 amide bonds. The van der Waals surface area contributed by atoms with Crippen LogP contribution < -0.4 is 5.32 Å². The Hall–Kier alpha value is -2.79. The van der Waals surface area contributed by atoms with Gasteiger partial charge in [-0.15, -0.1) is 11.3 Å². The molecule has 0 spiro atoms. The van der Waals surface area contributed by atoms with E-state index in [0.717, 1.165) is 27.4 Å². The lowest BCUT2D eigenvalue weighted by atomic mass is 10.0. The monoisotopic (exact) mass is 392 g/mol. The summed E-state index contributed by atoms with van der Waals surface area (Å²) in [5.74, 6) is -0.142. The van der Waals surface area contributed by atoms with Crippen molar-refractivity contribution in [2.45, 2.75) is 40.2 Å². The first-order chi connectivity index (χ1) is 13.4. The summed E-state index contributed by atoms with van der Waals surface area (Å²) in [5.41, 5.74) is 6.03. The normalized spacial score (nSPS) is 10.7. The molecule has 0 aliphatic heterocycles. The Balaban J connectivity index is 1.50. The van der Waals surface area contributed by atoms with Gasteiger partial charge in [0.15, 0.2) is 5.78 Å². The Morgan fingerprint density at radius 3 is 2.50 bits per heavy atom. The molecule has 1 N–H and O–H groups in total. The smallest absolute Gasteiger partial charge is 0.220 e. The van der Waals surface area contributed by atoms with Crippen molar-refractivity contribution in [3.63, 3.8) is 0 Å². The average Bonchev–Trinajstić information content (AvgIpc) is 3.15. The van der Waals surface area contributed by atoms with Crippen molar-refractivity contribution in [2.75, 3.05) is 0 Å². The van der Waals surface area contributed by atoms with Gasteiger partial charge in [0, 0.05) is 29.3 Å². The number of hydrogen-bond acceptors (Lipinski definition) is 4. The second-order valence-corrected chi connectivity index (χ2v) is 7.82. The van der Waals surface area contributed by atoms with Crippen LogP contribution in [0.15, 0.2) is 47.8 Å². The maximum absolute atomic E-state index is 12.3. The highest BCUT2D eigenvalue weighted by atomic mass is 32.1. The summed E-state index contributed by atoms with van der Waals surface area (Å²) >= 11 is 1.57. The number of amides is 1. The SMILES string of the molecule is Cc1ccc(C(=O)CCC(=O)NCc2csc(-c3ccccc3C)n2)cc1C. The number of ketones is 1. The molecular formula is C23H24N2O2S. The molecule has 0 saturated carbocycles. The van der Waals surface area contributed by atoms with E-state index in [9.17, 15) is 9.59 Å². The minimum absolute atomic E-state index is 0.00579. The minimum Gasteiger partial charge on any atom is -0.350 e. The van der Waals surface area contributed by atoms with Crippen molar-refractivity contribution < 1.29 is 9.59 Å². The molecule has 1 heterocycles. The summed E-state index contributed by atoms with van der Waals surface area (Å²) in [6, 6.07) is 13.8. The zero-order valence-corrected chi connectivity index (χ0v) is 17.2. The first-order valence-corrected chi connectivity index (χ1v) is 10.2. The lowest BCUT2D eigenvalue weighted by Crippen LogP contribution is -2.23. The van der Waals surface area contributed by atoms with Crippen molar-refractivity contribution >= 4 is 23.0 Å². The van der Waals surface area contributed by atoms with Gasteiger partial charge in [0.25, 0.3) is 0 Å². The highest BCUT2D eigenvalue weighted by Gasteiger charge is 2.11. The van der Waals surface area contributed by atoms with E-state index < -0.39 is 0 Å². The third kappa shape index (κ3) is 4.93. The number of hydrogen-bond donors (Lipinski definition) is 1. The number of thiazole rings is 1.